The molecule has 136 valence electrons. The first-order valence-corrected chi connectivity index (χ1v) is 8.92. The minimum atomic E-state index is -0.610. The van der Waals surface area contributed by atoms with Gasteiger partial charge in [-0.3, -0.25) is 9.20 Å². The molecule has 0 aliphatic rings. The van der Waals surface area contributed by atoms with E-state index in [9.17, 15) is 9.59 Å². The zero-order chi connectivity index (χ0) is 18.7. The summed E-state index contributed by atoms with van der Waals surface area (Å²) in [4.78, 5) is 29.1. The minimum Gasteiger partial charge on any atom is -0.493 e. The molecule has 0 saturated carbocycles. The summed E-state index contributed by atoms with van der Waals surface area (Å²) in [5.41, 5.74) is 0.354. The van der Waals surface area contributed by atoms with Gasteiger partial charge in [0.2, 0.25) is 0 Å². The molecule has 0 unspecified atom stereocenters. The predicted octanol–water partition coefficient (Wildman–Crippen LogP) is 3.17. The number of methoxy groups -OCH3 is 1. The number of esters is 1. The van der Waals surface area contributed by atoms with Crippen molar-refractivity contribution < 1.29 is 19.0 Å². The van der Waals surface area contributed by atoms with Gasteiger partial charge in [0, 0.05) is 17.6 Å². The van der Waals surface area contributed by atoms with Gasteiger partial charge in [0.15, 0.2) is 16.5 Å². The summed E-state index contributed by atoms with van der Waals surface area (Å²) >= 11 is 7.48. The van der Waals surface area contributed by atoms with Crippen LogP contribution in [0.1, 0.15) is 23.0 Å². The van der Waals surface area contributed by atoms with Crippen LogP contribution in [0, 0.1) is 0 Å². The van der Waals surface area contributed by atoms with Crippen LogP contribution in [-0.2, 0) is 11.3 Å². The van der Waals surface area contributed by atoms with Crippen LogP contribution in [0.4, 0.5) is 0 Å². The van der Waals surface area contributed by atoms with E-state index in [1.807, 2.05) is 6.92 Å². The van der Waals surface area contributed by atoms with Crippen LogP contribution in [0.2, 0.25) is 5.02 Å². The molecule has 0 saturated heterocycles. The highest BCUT2D eigenvalue weighted by Gasteiger charge is 2.17. The van der Waals surface area contributed by atoms with Gasteiger partial charge >= 0.3 is 5.97 Å². The summed E-state index contributed by atoms with van der Waals surface area (Å²) in [5.74, 6) is 0.0927. The van der Waals surface area contributed by atoms with Crippen LogP contribution < -0.4 is 15.0 Å². The maximum absolute atomic E-state index is 12.3. The van der Waals surface area contributed by atoms with Gasteiger partial charge in [0.25, 0.3) is 5.56 Å². The monoisotopic (exact) mass is 394 g/mol. The maximum atomic E-state index is 12.3. The number of carbonyl (C=O) groups is 1. The highest BCUT2D eigenvalue weighted by Crippen LogP contribution is 2.36. The Morgan fingerprint density at radius 3 is 2.88 bits per heavy atom. The number of hydrogen-bond acceptors (Lipinski definition) is 7. The Balaban J connectivity index is 1.79. The molecule has 0 radical (unpaired) electrons. The van der Waals surface area contributed by atoms with E-state index in [1.165, 1.54) is 41.0 Å². The first kappa shape index (κ1) is 18.2. The highest BCUT2D eigenvalue weighted by atomic mass is 35.5. The van der Waals surface area contributed by atoms with Crippen LogP contribution in [0.5, 0.6) is 11.5 Å². The third-order valence-corrected chi connectivity index (χ3v) is 4.50. The Morgan fingerprint density at radius 2 is 2.15 bits per heavy atom. The number of hydrogen-bond donors (Lipinski definition) is 0. The van der Waals surface area contributed by atoms with Crippen molar-refractivity contribution in [3.8, 4) is 11.5 Å². The van der Waals surface area contributed by atoms with Gasteiger partial charge in [0.05, 0.1) is 30.0 Å². The molecule has 0 amide bonds. The summed E-state index contributed by atoms with van der Waals surface area (Å²) < 4.78 is 17.3. The average molecular weight is 395 g/mol. The Bertz CT molecular complexity index is 1010. The largest absolute Gasteiger partial charge is 0.493 e. The van der Waals surface area contributed by atoms with Crippen molar-refractivity contribution in [3.63, 3.8) is 0 Å². The SMILES string of the molecule is CCOc1c(Cl)cc(C(=O)OCc2cc(=O)n3ccsc3n2)cc1OC. The standard InChI is InChI=1S/C17H15ClN2O5S/c1-3-24-15-12(18)6-10(7-13(15)23-2)16(22)25-9-11-8-14(21)20-4-5-26-17(20)19-11/h4-8H,3,9H2,1-2H3. The highest BCUT2D eigenvalue weighted by molar-refractivity contribution is 7.15. The fourth-order valence-corrected chi connectivity index (χ4v) is 3.31. The molecule has 2 heterocycles. The zero-order valence-electron chi connectivity index (χ0n) is 14.0. The van der Waals surface area contributed by atoms with Crippen molar-refractivity contribution >= 4 is 33.9 Å². The lowest BCUT2D eigenvalue weighted by Gasteiger charge is -2.12. The Labute approximate surface area is 157 Å². The molecule has 0 aliphatic heterocycles. The van der Waals surface area contributed by atoms with Gasteiger partial charge in [-0.1, -0.05) is 11.6 Å². The third kappa shape index (κ3) is 3.66. The van der Waals surface area contributed by atoms with E-state index < -0.39 is 5.97 Å². The van der Waals surface area contributed by atoms with Gasteiger partial charge in [-0.25, -0.2) is 9.78 Å². The van der Waals surface area contributed by atoms with Crippen molar-refractivity contribution in [1.82, 2.24) is 9.38 Å². The van der Waals surface area contributed by atoms with Crippen LogP contribution >= 0.6 is 22.9 Å². The smallest absolute Gasteiger partial charge is 0.338 e. The normalized spacial score (nSPS) is 10.7. The number of nitrogens with zero attached hydrogens (tertiary/aromatic N) is 2. The van der Waals surface area contributed by atoms with Crippen LogP contribution in [0.3, 0.4) is 0 Å². The summed E-state index contributed by atoms with van der Waals surface area (Å²) in [6, 6.07) is 4.27. The van der Waals surface area contributed by atoms with Crippen LogP contribution in [-0.4, -0.2) is 29.1 Å². The van der Waals surface area contributed by atoms with E-state index in [4.69, 9.17) is 25.8 Å². The van der Waals surface area contributed by atoms with E-state index >= 15 is 0 Å². The molecule has 9 heteroatoms. The molecule has 2 aromatic heterocycles. The minimum absolute atomic E-state index is 0.129. The van der Waals surface area contributed by atoms with Gasteiger partial charge in [-0.2, -0.15) is 0 Å². The molecule has 0 spiro atoms. The first-order chi connectivity index (χ1) is 12.5. The zero-order valence-corrected chi connectivity index (χ0v) is 15.6. The maximum Gasteiger partial charge on any atom is 0.338 e. The Morgan fingerprint density at radius 1 is 1.35 bits per heavy atom. The van der Waals surface area contributed by atoms with Crippen molar-refractivity contribution in [2.45, 2.75) is 13.5 Å². The summed E-state index contributed by atoms with van der Waals surface area (Å²) in [5, 5.41) is 2.00. The van der Waals surface area contributed by atoms with Crippen molar-refractivity contribution in [1.29, 1.82) is 0 Å². The van der Waals surface area contributed by atoms with Crippen LogP contribution in [0.25, 0.3) is 4.96 Å². The first-order valence-electron chi connectivity index (χ1n) is 7.66. The number of thiazole rings is 1. The molecule has 3 rings (SSSR count). The quantitative estimate of drug-likeness (QED) is 0.597. The van der Waals surface area contributed by atoms with Crippen molar-refractivity contribution in [2.24, 2.45) is 0 Å². The molecule has 0 atom stereocenters. The predicted molar refractivity (Wildman–Crippen MR) is 97.6 cm³/mol. The fraction of sp³-hybridized carbons (Fsp3) is 0.235. The number of fused-ring (bicyclic) bond motifs is 1. The van der Waals surface area contributed by atoms with E-state index in [-0.39, 0.29) is 22.8 Å². The lowest BCUT2D eigenvalue weighted by atomic mass is 10.2. The number of ether oxygens (including phenoxy) is 3. The number of benzene rings is 1. The van der Waals surface area contributed by atoms with E-state index in [1.54, 1.807) is 11.6 Å². The second kappa shape index (κ2) is 7.76. The van der Waals surface area contributed by atoms with E-state index in [0.29, 0.717) is 28.8 Å². The lowest BCUT2D eigenvalue weighted by molar-refractivity contribution is 0.0467. The van der Waals surface area contributed by atoms with Gasteiger partial charge < -0.3 is 14.2 Å². The molecular weight excluding hydrogens is 380 g/mol. The molecule has 0 aliphatic carbocycles. The Hall–Kier alpha value is -2.58. The van der Waals surface area contributed by atoms with Crippen molar-refractivity contribution in [3.05, 3.63) is 56.4 Å². The molecule has 0 N–H and O–H groups in total. The number of halogens is 1. The molecular formula is C17H15ClN2O5S. The van der Waals surface area contributed by atoms with E-state index in [2.05, 4.69) is 4.98 Å². The summed E-state index contributed by atoms with van der Waals surface area (Å²) in [6.45, 7) is 2.10. The summed E-state index contributed by atoms with van der Waals surface area (Å²) in [7, 11) is 1.46. The fourth-order valence-electron chi connectivity index (χ4n) is 2.31. The van der Waals surface area contributed by atoms with Gasteiger partial charge in [0.1, 0.15) is 6.61 Å². The molecule has 3 aromatic rings. The van der Waals surface area contributed by atoms with E-state index in [0.717, 1.165) is 0 Å². The second-order valence-electron chi connectivity index (χ2n) is 5.14. The lowest BCUT2D eigenvalue weighted by Crippen LogP contribution is -2.14. The molecule has 26 heavy (non-hydrogen) atoms. The number of aromatic nitrogens is 2. The molecule has 1 aromatic carbocycles. The topological polar surface area (TPSA) is 79.1 Å². The average Bonchev–Trinajstić information content (AvgIpc) is 3.10. The summed E-state index contributed by atoms with van der Waals surface area (Å²) in [6.07, 6.45) is 1.64. The molecule has 0 bridgehead atoms. The third-order valence-electron chi connectivity index (χ3n) is 3.46. The van der Waals surface area contributed by atoms with Crippen molar-refractivity contribution in [2.75, 3.05) is 13.7 Å². The van der Waals surface area contributed by atoms with Gasteiger partial charge in [-0.05, 0) is 19.1 Å². The van der Waals surface area contributed by atoms with Crippen LogP contribution in [0.15, 0.2) is 34.6 Å². The Kier molecular flexibility index (Phi) is 5.43. The molecule has 0 fully saturated rings. The van der Waals surface area contributed by atoms with Gasteiger partial charge in [-0.15, -0.1) is 11.3 Å². The number of carbonyl (C=O) groups excluding carboxylic acids is 1. The second-order valence-corrected chi connectivity index (χ2v) is 6.42. The molecule has 7 nitrogen and oxygen atoms in total. The number of rotatable bonds is 6.